The van der Waals surface area contributed by atoms with E-state index in [1.165, 1.54) is 29.8 Å². The first-order chi connectivity index (χ1) is 13.5. The minimum atomic E-state index is -0.878. The molecule has 0 saturated heterocycles. The third-order valence-electron chi connectivity index (χ3n) is 4.07. The van der Waals surface area contributed by atoms with Gasteiger partial charge in [0.15, 0.2) is 17.7 Å². The van der Waals surface area contributed by atoms with Gasteiger partial charge in [0, 0.05) is 18.2 Å². The molecule has 1 aromatic heterocycles. The minimum Gasteiger partial charge on any atom is -0.478 e. The summed E-state index contributed by atoms with van der Waals surface area (Å²) < 4.78 is 20.2. The summed E-state index contributed by atoms with van der Waals surface area (Å²) in [6, 6.07) is 18.5. The Bertz CT molecular complexity index is 1010. The molecule has 0 aliphatic rings. The van der Waals surface area contributed by atoms with Gasteiger partial charge in [-0.2, -0.15) is 5.10 Å². The lowest BCUT2D eigenvalue weighted by molar-refractivity contribution is -0.127. The van der Waals surface area contributed by atoms with E-state index in [0.717, 1.165) is 5.56 Å². The normalized spacial score (nSPS) is 11.6. The number of carbonyl (C=O) groups is 1. The first-order valence-corrected chi connectivity index (χ1v) is 8.87. The molecule has 0 fully saturated rings. The van der Waals surface area contributed by atoms with Gasteiger partial charge in [-0.1, -0.05) is 42.5 Å². The first-order valence-electron chi connectivity index (χ1n) is 8.87. The molecular formula is C21H20FN3O3. The van der Waals surface area contributed by atoms with E-state index in [1.807, 2.05) is 30.3 Å². The van der Waals surface area contributed by atoms with Crippen LogP contribution in [0.5, 0.6) is 5.75 Å². The lowest BCUT2D eigenvalue weighted by atomic mass is 10.1. The molecule has 144 valence electrons. The van der Waals surface area contributed by atoms with Gasteiger partial charge in [-0.05, 0) is 25.1 Å². The van der Waals surface area contributed by atoms with Crippen LogP contribution in [0.4, 0.5) is 4.39 Å². The lowest BCUT2D eigenvalue weighted by Gasteiger charge is -2.15. The molecule has 1 atom stereocenters. The Morgan fingerprint density at radius 1 is 1.11 bits per heavy atom. The quantitative estimate of drug-likeness (QED) is 0.683. The zero-order chi connectivity index (χ0) is 19.9. The Morgan fingerprint density at radius 2 is 1.82 bits per heavy atom. The van der Waals surface area contributed by atoms with Gasteiger partial charge in [-0.3, -0.25) is 9.59 Å². The topological polar surface area (TPSA) is 73.2 Å². The fourth-order valence-corrected chi connectivity index (χ4v) is 2.58. The van der Waals surface area contributed by atoms with Gasteiger partial charge in [0.2, 0.25) is 0 Å². The summed E-state index contributed by atoms with van der Waals surface area (Å²) in [5.41, 5.74) is 1.31. The number of nitrogens with zero attached hydrogens (tertiary/aromatic N) is 2. The summed E-state index contributed by atoms with van der Waals surface area (Å²) in [4.78, 5) is 24.2. The molecule has 0 radical (unpaired) electrons. The average Bonchev–Trinajstić information content (AvgIpc) is 2.71. The molecule has 1 heterocycles. The Labute approximate surface area is 161 Å². The van der Waals surface area contributed by atoms with Gasteiger partial charge in [0.1, 0.15) is 0 Å². The zero-order valence-corrected chi connectivity index (χ0v) is 15.3. The van der Waals surface area contributed by atoms with Crippen molar-refractivity contribution in [2.24, 2.45) is 0 Å². The fourth-order valence-electron chi connectivity index (χ4n) is 2.58. The molecule has 1 N–H and O–H groups in total. The number of carbonyl (C=O) groups excluding carboxylic acids is 1. The maximum absolute atomic E-state index is 13.6. The first kappa shape index (κ1) is 19.3. The highest BCUT2D eigenvalue weighted by Gasteiger charge is 2.16. The van der Waals surface area contributed by atoms with E-state index in [9.17, 15) is 14.0 Å². The molecule has 2 aromatic carbocycles. The van der Waals surface area contributed by atoms with Crippen molar-refractivity contribution in [1.82, 2.24) is 15.1 Å². The molecule has 0 spiro atoms. The number of aromatic nitrogens is 2. The fraction of sp³-hybridized carbons (Fsp3) is 0.190. The van der Waals surface area contributed by atoms with Crippen LogP contribution in [0, 0.1) is 5.82 Å². The smallest absolute Gasteiger partial charge is 0.266 e. The summed E-state index contributed by atoms with van der Waals surface area (Å²) in [5.74, 6) is -0.926. The molecule has 7 heteroatoms. The molecule has 3 rings (SSSR count). The number of benzene rings is 2. The van der Waals surface area contributed by atoms with Crippen molar-refractivity contribution in [2.45, 2.75) is 19.6 Å². The Hall–Kier alpha value is -3.48. The second-order valence-corrected chi connectivity index (χ2v) is 6.13. The van der Waals surface area contributed by atoms with Gasteiger partial charge >= 0.3 is 0 Å². The number of rotatable bonds is 7. The van der Waals surface area contributed by atoms with Crippen molar-refractivity contribution in [1.29, 1.82) is 0 Å². The zero-order valence-electron chi connectivity index (χ0n) is 15.3. The van der Waals surface area contributed by atoms with Gasteiger partial charge in [-0.15, -0.1) is 0 Å². The highest BCUT2D eigenvalue weighted by Crippen LogP contribution is 2.17. The third-order valence-corrected chi connectivity index (χ3v) is 4.07. The molecule has 6 nitrogen and oxygen atoms in total. The third kappa shape index (κ3) is 4.82. The number of para-hydroxylation sites is 1. The summed E-state index contributed by atoms with van der Waals surface area (Å²) in [6.45, 7) is 1.93. The molecule has 0 saturated carbocycles. The second-order valence-electron chi connectivity index (χ2n) is 6.13. The SMILES string of the molecule is CC(Oc1ccccc1F)C(=O)NCCn1nc(-c2ccccc2)ccc1=O. The van der Waals surface area contributed by atoms with E-state index >= 15 is 0 Å². The van der Waals surface area contributed by atoms with E-state index in [2.05, 4.69) is 10.4 Å². The van der Waals surface area contributed by atoms with Crippen molar-refractivity contribution in [3.05, 3.63) is 82.9 Å². The number of ether oxygens (including phenoxy) is 1. The number of halogens is 1. The predicted octanol–water partition coefficient (Wildman–Crippen LogP) is 2.63. The van der Waals surface area contributed by atoms with E-state index in [0.29, 0.717) is 5.69 Å². The van der Waals surface area contributed by atoms with Crippen LogP contribution >= 0.6 is 0 Å². The summed E-state index contributed by atoms with van der Waals surface area (Å²) in [6.07, 6.45) is -0.878. The molecule has 1 amide bonds. The standard InChI is InChI=1S/C21H20FN3O3/c1-15(28-19-10-6-5-9-17(19)22)21(27)23-13-14-25-20(26)12-11-18(24-25)16-7-3-2-4-8-16/h2-12,15H,13-14H2,1H3,(H,23,27). The van der Waals surface area contributed by atoms with Crippen LogP contribution in [0.1, 0.15) is 6.92 Å². The monoisotopic (exact) mass is 381 g/mol. The lowest BCUT2D eigenvalue weighted by Crippen LogP contribution is -2.39. The van der Waals surface area contributed by atoms with E-state index in [-0.39, 0.29) is 24.4 Å². The minimum absolute atomic E-state index is 0.0126. The van der Waals surface area contributed by atoms with Crippen LogP contribution < -0.4 is 15.6 Å². The summed E-state index contributed by atoms with van der Waals surface area (Å²) in [5, 5.41) is 7.01. The number of hydrogen-bond acceptors (Lipinski definition) is 4. The van der Waals surface area contributed by atoms with Crippen molar-refractivity contribution < 1.29 is 13.9 Å². The Balaban J connectivity index is 1.58. The maximum Gasteiger partial charge on any atom is 0.266 e. The molecular weight excluding hydrogens is 361 g/mol. The Morgan fingerprint density at radius 3 is 2.57 bits per heavy atom. The van der Waals surface area contributed by atoms with Gasteiger partial charge < -0.3 is 10.1 Å². The van der Waals surface area contributed by atoms with Crippen LogP contribution in [0.15, 0.2) is 71.5 Å². The number of nitrogens with one attached hydrogen (secondary N) is 1. The van der Waals surface area contributed by atoms with Crippen LogP contribution in [0.25, 0.3) is 11.3 Å². The van der Waals surface area contributed by atoms with Crippen LogP contribution in [0.2, 0.25) is 0 Å². The highest BCUT2D eigenvalue weighted by atomic mass is 19.1. The summed E-state index contributed by atoms with van der Waals surface area (Å²) in [7, 11) is 0. The van der Waals surface area contributed by atoms with Crippen molar-refractivity contribution in [3.63, 3.8) is 0 Å². The molecule has 3 aromatic rings. The largest absolute Gasteiger partial charge is 0.478 e. The van der Waals surface area contributed by atoms with E-state index < -0.39 is 17.8 Å². The summed E-state index contributed by atoms with van der Waals surface area (Å²) >= 11 is 0. The van der Waals surface area contributed by atoms with Gasteiger partial charge in [0.25, 0.3) is 11.5 Å². The van der Waals surface area contributed by atoms with Crippen molar-refractivity contribution in [2.75, 3.05) is 6.54 Å². The van der Waals surface area contributed by atoms with Crippen molar-refractivity contribution in [3.8, 4) is 17.0 Å². The molecule has 0 bridgehead atoms. The number of hydrogen-bond donors (Lipinski definition) is 1. The highest BCUT2D eigenvalue weighted by molar-refractivity contribution is 5.80. The van der Waals surface area contributed by atoms with E-state index in [1.54, 1.807) is 18.2 Å². The number of amides is 1. The molecule has 0 aliphatic carbocycles. The van der Waals surface area contributed by atoms with E-state index in [4.69, 9.17) is 4.74 Å². The average molecular weight is 381 g/mol. The van der Waals surface area contributed by atoms with Crippen LogP contribution in [-0.4, -0.2) is 28.3 Å². The molecule has 1 unspecified atom stereocenters. The van der Waals surface area contributed by atoms with Crippen LogP contribution in [-0.2, 0) is 11.3 Å². The molecule has 0 aliphatic heterocycles. The Kier molecular flexibility index (Phi) is 6.16. The van der Waals surface area contributed by atoms with Gasteiger partial charge in [-0.25, -0.2) is 9.07 Å². The predicted molar refractivity (Wildman–Crippen MR) is 103 cm³/mol. The van der Waals surface area contributed by atoms with Crippen molar-refractivity contribution >= 4 is 5.91 Å². The maximum atomic E-state index is 13.6. The second kappa shape index (κ2) is 8.94. The van der Waals surface area contributed by atoms with Gasteiger partial charge in [0.05, 0.1) is 12.2 Å². The molecule has 28 heavy (non-hydrogen) atoms. The van der Waals surface area contributed by atoms with Crippen LogP contribution in [0.3, 0.4) is 0 Å².